The molecule has 0 unspecified atom stereocenters. The Morgan fingerprint density at radius 1 is 1.25 bits per heavy atom. The van der Waals surface area contributed by atoms with Gasteiger partial charge in [0.25, 0.3) is 5.91 Å². The van der Waals surface area contributed by atoms with Crippen LogP contribution in [-0.2, 0) is 0 Å². The first-order chi connectivity index (χ1) is 17.0. The number of aromatic nitrogens is 5. The van der Waals surface area contributed by atoms with Crippen molar-refractivity contribution >= 4 is 29.3 Å². The van der Waals surface area contributed by atoms with E-state index in [1.165, 1.54) is 23.4 Å². The molecule has 190 valence electrons. The first-order valence-electron chi connectivity index (χ1n) is 11.3. The molecule has 1 saturated carbocycles. The highest BCUT2D eigenvalue weighted by molar-refractivity contribution is 5.98. The van der Waals surface area contributed by atoms with Crippen LogP contribution in [0.3, 0.4) is 0 Å². The molecule has 1 aliphatic rings. The van der Waals surface area contributed by atoms with Gasteiger partial charge in [0.15, 0.2) is 11.6 Å². The van der Waals surface area contributed by atoms with E-state index in [-0.39, 0.29) is 28.5 Å². The molecule has 1 aliphatic carbocycles. The lowest BCUT2D eigenvalue weighted by molar-refractivity contribution is 0.1000. The summed E-state index contributed by atoms with van der Waals surface area (Å²) in [5, 5.41) is 25.9. The summed E-state index contributed by atoms with van der Waals surface area (Å²) in [5.74, 6) is -1.69. The lowest BCUT2D eigenvalue weighted by atomic mass is 9.98. The zero-order chi connectivity index (χ0) is 26.2. The number of carbonyl (C=O) groups is 2. The van der Waals surface area contributed by atoms with Crippen molar-refractivity contribution in [2.24, 2.45) is 17.1 Å². The third-order valence-electron chi connectivity index (χ3n) is 6.41. The molecule has 0 aliphatic heterocycles. The second kappa shape index (κ2) is 9.40. The van der Waals surface area contributed by atoms with Crippen molar-refractivity contribution in [3.05, 3.63) is 47.8 Å². The van der Waals surface area contributed by atoms with Crippen LogP contribution in [0, 0.1) is 24.1 Å². The first kappa shape index (κ1) is 24.8. The van der Waals surface area contributed by atoms with Crippen LogP contribution in [0.15, 0.2) is 30.7 Å². The summed E-state index contributed by atoms with van der Waals surface area (Å²) in [5.41, 5.74) is 7.00. The topological polar surface area (TPSA) is 173 Å². The Balaban J connectivity index is 1.68. The van der Waals surface area contributed by atoms with Gasteiger partial charge in [-0.3, -0.25) is 9.78 Å². The standard InChI is InChI=1S/C23H28FN9O3/c1-11-17(33-27-5-6-28-33)7-13(10-26-11)30-20-14(19(25)34)8-16(24)21(32-20)31-18(12(2)29-22(35)36)15-9-23(15,3)4/h5-8,10,12,15,18,29H,9H2,1-4H3,(H2,25,34)(H,35,36)(H2,30,31,32)/t12-,15+,18-/m0/s1. The van der Waals surface area contributed by atoms with E-state index in [4.69, 9.17) is 5.73 Å². The average molecular weight is 498 g/mol. The quantitative estimate of drug-likeness (QED) is 0.298. The van der Waals surface area contributed by atoms with E-state index in [9.17, 15) is 14.7 Å². The maximum atomic E-state index is 15.1. The molecule has 3 atom stereocenters. The third kappa shape index (κ3) is 5.19. The number of nitrogens with one attached hydrogen (secondary N) is 3. The summed E-state index contributed by atoms with van der Waals surface area (Å²) in [7, 11) is 0. The molecule has 0 aromatic carbocycles. The normalized spacial score (nSPS) is 17.6. The highest BCUT2D eigenvalue weighted by Gasteiger charge is 2.52. The van der Waals surface area contributed by atoms with Gasteiger partial charge in [-0.1, -0.05) is 13.8 Å². The SMILES string of the molecule is Cc1ncc(Nc2nc(N[C@@H]([C@H](C)NC(=O)O)[C@H]3CC3(C)C)c(F)cc2C(N)=O)cc1-n1nccn1. The van der Waals surface area contributed by atoms with E-state index in [0.717, 1.165) is 12.5 Å². The van der Waals surface area contributed by atoms with Gasteiger partial charge in [0.2, 0.25) is 0 Å². The van der Waals surface area contributed by atoms with Gasteiger partial charge in [-0.15, -0.1) is 4.80 Å². The molecule has 0 bridgehead atoms. The van der Waals surface area contributed by atoms with Crippen molar-refractivity contribution < 1.29 is 19.1 Å². The number of hydrogen-bond donors (Lipinski definition) is 5. The van der Waals surface area contributed by atoms with Crippen LogP contribution >= 0.6 is 0 Å². The first-order valence-corrected chi connectivity index (χ1v) is 11.3. The molecule has 3 heterocycles. The molecule has 0 saturated heterocycles. The van der Waals surface area contributed by atoms with Gasteiger partial charge in [0, 0.05) is 6.04 Å². The maximum absolute atomic E-state index is 15.1. The van der Waals surface area contributed by atoms with Crippen LogP contribution in [0.25, 0.3) is 5.69 Å². The number of nitrogens with zero attached hydrogens (tertiary/aromatic N) is 5. The molecule has 0 spiro atoms. The maximum Gasteiger partial charge on any atom is 0.404 e. The number of halogens is 1. The van der Waals surface area contributed by atoms with Crippen molar-refractivity contribution in [3.8, 4) is 5.69 Å². The Hall–Kier alpha value is -4.29. The van der Waals surface area contributed by atoms with Crippen LogP contribution in [0.5, 0.6) is 0 Å². The van der Waals surface area contributed by atoms with E-state index in [0.29, 0.717) is 17.1 Å². The number of carbonyl (C=O) groups excluding carboxylic acids is 1. The number of pyridine rings is 2. The molecule has 12 nitrogen and oxygen atoms in total. The van der Waals surface area contributed by atoms with Crippen molar-refractivity contribution in [1.82, 2.24) is 30.3 Å². The van der Waals surface area contributed by atoms with E-state index < -0.39 is 29.9 Å². The Morgan fingerprint density at radius 3 is 2.50 bits per heavy atom. The van der Waals surface area contributed by atoms with E-state index in [1.807, 2.05) is 0 Å². The second-order valence-corrected chi connectivity index (χ2v) is 9.56. The van der Waals surface area contributed by atoms with E-state index in [2.05, 4.69) is 50.0 Å². The monoisotopic (exact) mass is 497 g/mol. The number of rotatable bonds is 9. The van der Waals surface area contributed by atoms with Crippen LogP contribution in [0.1, 0.15) is 43.2 Å². The van der Waals surface area contributed by atoms with Gasteiger partial charge in [-0.25, -0.2) is 14.2 Å². The van der Waals surface area contributed by atoms with E-state index >= 15 is 4.39 Å². The zero-order valence-electron chi connectivity index (χ0n) is 20.3. The highest BCUT2D eigenvalue weighted by Crippen LogP contribution is 2.54. The Labute approximate surface area is 206 Å². The zero-order valence-corrected chi connectivity index (χ0v) is 20.3. The van der Waals surface area contributed by atoms with Crippen molar-refractivity contribution in [1.29, 1.82) is 0 Å². The lowest BCUT2D eigenvalue weighted by Gasteiger charge is -2.27. The second-order valence-electron chi connectivity index (χ2n) is 9.56. The van der Waals surface area contributed by atoms with Gasteiger partial charge in [0.05, 0.1) is 41.6 Å². The van der Waals surface area contributed by atoms with Gasteiger partial charge in [-0.05, 0) is 43.7 Å². The molecule has 13 heteroatoms. The van der Waals surface area contributed by atoms with Crippen LogP contribution in [-0.4, -0.2) is 54.2 Å². The molecule has 4 rings (SSSR count). The van der Waals surface area contributed by atoms with Crippen molar-refractivity contribution in [3.63, 3.8) is 0 Å². The minimum atomic E-state index is -1.18. The van der Waals surface area contributed by atoms with Gasteiger partial charge in [-0.2, -0.15) is 10.2 Å². The number of amides is 2. The molecule has 1 fully saturated rings. The highest BCUT2D eigenvalue weighted by atomic mass is 19.1. The molecule has 0 radical (unpaired) electrons. The van der Waals surface area contributed by atoms with Crippen LogP contribution in [0.2, 0.25) is 0 Å². The van der Waals surface area contributed by atoms with Crippen molar-refractivity contribution in [2.75, 3.05) is 10.6 Å². The molecule has 3 aromatic rings. The minimum absolute atomic E-state index is 0.0177. The summed E-state index contributed by atoms with van der Waals surface area (Å²) in [6.45, 7) is 7.62. The largest absolute Gasteiger partial charge is 0.465 e. The minimum Gasteiger partial charge on any atom is -0.465 e. The number of primary amides is 1. The fourth-order valence-corrected chi connectivity index (χ4v) is 4.28. The average Bonchev–Trinajstić information content (AvgIpc) is 3.17. The van der Waals surface area contributed by atoms with E-state index in [1.54, 1.807) is 19.9 Å². The molecule has 2 amide bonds. The Kier molecular flexibility index (Phi) is 6.48. The number of aryl methyl sites for hydroxylation is 1. The summed E-state index contributed by atoms with van der Waals surface area (Å²) in [6, 6.07) is 1.73. The number of nitrogens with two attached hydrogens (primary N) is 1. The number of carboxylic acid groups (broad SMARTS) is 1. The molecular formula is C23H28FN9O3. The fourth-order valence-electron chi connectivity index (χ4n) is 4.28. The molecule has 3 aromatic heterocycles. The van der Waals surface area contributed by atoms with Gasteiger partial charge >= 0.3 is 6.09 Å². The predicted octanol–water partition coefficient (Wildman–Crippen LogP) is 2.83. The van der Waals surface area contributed by atoms with Gasteiger partial charge in [0.1, 0.15) is 11.5 Å². The Bertz CT molecular complexity index is 1300. The number of hydrogen-bond acceptors (Lipinski definition) is 8. The summed E-state index contributed by atoms with van der Waals surface area (Å²) < 4.78 is 15.1. The fraction of sp³-hybridized carbons (Fsp3) is 0.391. The van der Waals surface area contributed by atoms with Crippen LogP contribution < -0.4 is 21.7 Å². The molecule has 6 N–H and O–H groups in total. The summed E-state index contributed by atoms with van der Waals surface area (Å²) in [6.07, 6.45) is 4.24. The lowest BCUT2D eigenvalue weighted by Crippen LogP contribution is -2.46. The number of anilines is 3. The third-order valence-corrected chi connectivity index (χ3v) is 6.41. The predicted molar refractivity (Wildman–Crippen MR) is 130 cm³/mol. The summed E-state index contributed by atoms with van der Waals surface area (Å²) >= 11 is 0. The van der Waals surface area contributed by atoms with Crippen molar-refractivity contribution in [2.45, 2.75) is 46.2 Å². The van der Waals surface area contributed by atoms with Crippen LogP contribution in [0.4, 0.5) is 26.5 Å². The van der Waals surface area contributed by atoms with Gasteiger partial charge < -0.3 is 26.8 Å². The molecule has 36 heavy (non-hydrogen) atoms. The smallest absolute Gasteiger partial charge is 0.404 e. The summed E-state index contributed by atoms with van der Waals surface area (Å²) in [4.78, 5) is 33.4. The Morgan fingerprint density at radius 2 is 1.92 bits per heavy atom. The molecular weight excluding hydrogens is 469 g/mol.